The van der Waals surface area contributed by atoms with Gasteiger partial charge in [0.1, 0.15) is 11.2 Å². The summed E-state index contributed by atoms with van der Waals surface area (Å²) in [7, 11) is 0. The van der Waals surface area contributed by atoms with Crippen LogP contribution >= 0.6 is 11.8 Å². The Bertz CT molecular complexity index is 1510. The molecule has 0 aromatic heterocycles. The normalized spacial score (nSPS) is 25.6. The first-order chi connectivity index (χ1) is 22.9. The van der Waals surface area contributed by atoms with E-state index in [0.29, 0.717) is 57.8 Å². The van der Waals surface area contributed by atoms with E-state index < -0.39 is 5.25 Å². The molecule has 0 bridgehead atoms. The van der Waals surface area contributed by atoms with E-state index in [4.69, 9.17) is 0 Å². The highest BCUT2D eigenvalue weighted by Gasteiger charge is 2.45. The van der Waals surface area contributed by atoms with Gasteiger partial charge in [-0.05, 0) is 62.6 Å². The molecular formula is C37H55FN6O3S. The highest BCUT2D eigenvalue weighted by molar-refractivity contribution is 8.01. The fourth-order valence-electron chi connectivity index (χ4n) is 7.67. The highest BCUT2D eigenvalue weighted by Crippen LogP contribution is 2.48. The van der Waals surface area contributed by atoms with Crippen LogP contribution in [-0.2, 0) is 16.0 Å². The Labute approximate surface area is 291 Å². The number of thioether (sulfide) groups is 1. The predicted octanol–water partition coefficient (Wildman–Crippen LogP) is 6.35. The highest BCUT2D eigenvalue weighted by atomic mass is 32.2. The Kier molecular flexibility index (Phi) is 10.3. The molecule has 11 heteroatoms. The lowest BCUT2D eigenvalue weighted by molar-refractivity contribution is -0.137. The number of urea groups is 1. The monoisotopic (exact) mass is 682 g/mol. The minimum absolute atomic E-state index is 0. The molecule has 0 aliphatic carbocycles. The molecule has 4 aliphatic rings. The number of halogens is 1. The molecule has 0 saturated carbocycles. The lowest BCUT2D eigenvalue weighted by atomic mass is 9.92. The van der Waals surface area contributed by atoms with Crippen molar-refractivity contribution >= 4 is 41.0 Å². The number of piperidine rings is 1. The molecule has 3 saturated heterocycles. The van der Waals surface area contributed by atoms with Crippen LogP contribution in [0.5, 0.6) is 0 Å². The Morgan fingerprint density at radius 3 is 2.42 bits per heavy atom. The molecule has 0 spiro atoms. The number of benzene rings is 2. The lowest BCUT2D eigenvalue weighted by Crippen LogP contribution is -2.54. The standard InChI is InChI=1S/C37H51FN6O3S.2H2/c1-24-22-42(23-25(2)39-24)33-28(10-8-11-29(33)38)35-44(20-16-37(3,4)5)34(46)31(48-35)21-32(45)41-17-14-27(15-18-41)43-19-13-26-9-6-7-12-30(26)40-36(43)47;;/h6-12,24-25,27,31,35,39H,13-23H2,1-5H3,(H,40,47);2*1H/t24-,25+,31-,35+;;/m0../s1. The topological polar surface area (TPSA) is 88.2 Å². The number of carbonyl (C=O) groups is 3. The van der Waals surface area contributed by atoms with Crippen molar-refractivity contribution in [1.82, 2.24) is 20.0 Å². The molecule has 4 atom stereocenters. The van der Waals surface area contributed by atoms with E-state index in [-0.39, 0.29) is 61.9 Å². The zero-order valence-corrected chi connectivity index (χ0v) is 29.8. The summed E-state index contributed by atoms with van der Waals surface area (Å²) in [6.07, 6.45) is 3.11. The largest absolute Gasteiger partial charge is 0.366 e. The molecule has 4 aliphatic heterocycles. The molecule has 2 aromatic rings. The fraction of sp³-hybridized carbons (Fsp3) is 0.595. The lowest BCUT2D eigenvalue weighted by Gasteiger charge is -2.39. The smallest absolute Gasteiger partial charge is 0.322 e. The second-order valence-electron chi connectivity index (χ2n) is 15.2. The van der Waals surface area contributed by atoms with Crippen molar-refractivity contribution in [2.24, 2.45) is 5.41 Å². The third-order valence-corrected chi connectivity index (χ3v) is 11.6. The summed E-state index contributed by atoms with van der Waals surface area (Å²) >= 11 is 1.49. The van der Waals surface area contributed by atoms with Gasteiger partial charge in [-0.25, -0.2) is 9.18 Å². The van der Waals surface area contributed by atoms with Gasteiger partial charge in [-0.3, -0.25) is 9.59 Å². The number of para-hydroxylation sites is 2. The molecule has 0 radical (unpaired) electrons. The number of amides is 4. The second-order valence-corrected chi connectivity index (χ2v) is 16.5. The summed E-state index contributed by atoms with van der Waals surface area (Å²) in [5.41, 5.74) is 3.39. The molecule has 2 aromatic carbocycles. The second kappa shape index (κ2) is 14.3. The third-order valence-electron chi connectivity index (χ3n) is 10.2. The number of rotatable bonds is 7. The third kappa shape index (κ3) is 7.62. The molecule has 4 amide bonds. The van der Waals surface area contributed by atoms with Crippen LogP contribution in [0.15, 0.2) is 42.5 Å². The van der Waals surface area contributed by atoms with E-state index in [2.05, 4.69) is 56.2 Å². The average molecular weight is 683 g/mol. The minimum atomic E-state index is -0.535. The van der Waals surface area contributed by atoms with E-state index in [0.717, 1.165) is 29.7 Å². The summed E-state index contributed by atoms with van der Waals surface area (Å²) < 4.78 is 15.7. The van der Waals surface area contributed by atoms with Crippen molar-refractivity contribution in [2.45, 2.75) is 95.5 Å². The molecule has 6 rings (SSSR count). The van der Waals surface area contributed by atoms with E-state index in [9.17, 15) is 14.4 Å². The number of nitrogens with zero attached hydrogens (tertiary/aromatic N) is 4. The van der Waals surface area contributed by atoms with Gasteiger partial charge in [-0.2, -0.15) is 0 Å². The molecule has 3 fully saturated rings. The van der Waals surface area contributed by atoms with Gasteiger partial charge in [0.25, 0.3) is 0 Å². The maximum absolute atomic E-state index is 15.7. The average Bonchev–Trinajstić information content (AvgIpc) is 3.23. The van der Waals surface area contributed by atoms with Crippen LogP contribution in [0.2, 0.25) is 0 Å². The summed E-state index contributed by atoms with van der Waals surface area (Å²) in [4.78, 5) is 48.7. The van der Waals surface area contributed by atoms with Crippen LogP contribution in [-0.4, -0.2) is 95.2 Å². The fourth-order valence-corrected chi connectivity index (χ4v) is 9.17. The summed E-state index contributed by atoms with van der Waals surface area (Å²) in [6, 6.07) is 13.5. The number of fused-ring (bicyclic) bond motifs is 1. The van der Waals surface area contributed by atoms with Crippen LogP contribution in [0.1, 0.15) is 79.7 Å². The number of anilines is 2. The van der Waals surface area contributed by atoms with E-state index in [1.807, 2.05) is 39.0 Å². The van der Waals surface area contributed by atoms with Crippen molar-refractivity contribution in [1.29, 1.82) is 0 Å². The maximum atomic E-state index is 15.7. The molecule has 48 heavy (non-hydrogen) atoms. The van der Waals surface area contributed by atoms with Crippen LogP contribution in [0, 0.1) is 11.2 Å². The first-order valence-electron chi connectivity index (χ1n) is 17.6. The zero-order chi connectivity index (χ0) is 34.2. The van der Waals surface area contributed by atoms with Crippen molar-refractivity contribution < 1.29 is 21.6 Å². The summed E-state index contributed by atoms with van der Waals surface area (Å²) in [5, 5.41) is 5.68. The van der Waals surface area contributed by atoms with Crippen molar-refractivity contribution in [2.75, 3.05) is 49.5 Å². The van der Waals surface area contributed by atoms with Gasteiger partial charge in [0, 0.05) is 77.9 Å². The summed E-state index contributed by atoms with van der Waals surface area (Å²) in [6.45, 7) is 14.3. The number of piperazine rings is 1. The van der Waals surface area contributed by atoms with Crippen molar-refractivity contribution in [3.8, 4) is 0 Å². The quantitative estimate of drug-likeness (QED) is 0.354. The van der Waals surface area contributed by atoms with Gasteiger partial charge in [0.15, 0.2) is 0 Å². The Morgan fingerprint density at radius 1 is 1.00 bits per heavy atom. The van der Waals surface area contributed by atoms with Gasteiger partial charge in [-0.15, -0.1) is 11.8 Å². The van der Waals surface area contributed by atoms with Crippen LogP contribution in [0.4, 0.5) is 20.6 Å². The zero-order valence-electron chi connectivity index (χ0n) is 29.0. The van der Waals surface area contributed by atoms with Crippen molar-refractivity contribution in [3.05, 3.63) is 59.4 Å². The van der Waals surface area contributed by atoms with Gasteiger partial charge in [0.2, 0.25) is 11.8 Å². The van der Waals surface area contributed by atoms with Gasteiger partial charge in [0.05, 0.1) is 10.9 Å². The number of hydrogen-bond donors (Lipinski definition) is 2. The van der Waals surface area contributed by atoms with Gasteiger partial charge in [-0.1, -0.05) is 51.1 Å². The van der Waals surface area contributed by atoms with E-state index >= 15 is 4.39 Å². The first kappa shape index (κ1) is 34.5. The van der Waals surface area contributed by atoms with Gasteiger partial charge < -0.3 is 30.2 Å². The Morgan fingerprint density at radius 2 is 1.71 bits per heavy atom. The van der Waals surface area contributed by atoms with Gasteiger partial charge >= 0.3 is 6.03 Å². The number of nitrogens with one attached hydrogen (secondary N) is 2. The van der Waals surface area contributed by atoms with Crippen LogP contribution in [0.3, 0.4) is 0 Å². The maximum Gasteiger partial charge on any atom is 0.322 e. The summed E-state index contributed by atoms with van der Waals surface area (Å²) in [5.74, 6) is -0.356. The molecule has 264 valence electrons. The number of hydrogen-bond acceptors (Lipinski definition) is 6. The molecule has 2 N–H and O–H groups in total. The molecule has 0 unspecified atom stereocenters. The molecule has 4 heterocycles. The van der Waals surface area contributed by atoms with E-state index in [1.54, 1.807) is 6.07 Å². The first-order valence-corrected chi connectivity index (χ1v) is 18.5. The minimum Gasteiger partial charge on any atom is -0.366 e. The number of carbonyl (C=O) groups excluding carboxylic acids is 3. The molecule has 9 nitrogen and oxygen atoms in total. The van der Waals surface area contributed by atoms with E-state index in [1.165, 1.54) is 17.8 Å². The van der Waals surface area contributed by atoms with Crippen LogP contribution in [0.25, 0.3) is 0 Å². The van der Waals surface area contributed by atoms with Crippen LogP contribution < -0.4 is 15.5 Å². The van der Waals surface area contributed by atoms with Crippen molar-refractivity contribution in [3.63, 3.8) is 0 Å². The Hall–Kier alpha value is -3.31. The predicted molar refractivity (Wildman–Crippen MR) is 195 cm³/mol. The number of likely N-dealkylation sites (tertiary alicyclic amines) is 1. The Balaban J connectivity index is 0.00000281. The molecular weight excluding hydrogens is 628 g/mol. The SMILES string of the molecule is C[C@@H]1CN(c2c(F)cccc2[C@H]2S[C@@H](CC(=O)N3CCC(N4CCc5ccccc5NC4=O)CC3)C(=O)N2CCC(C)(C)C)C[C@H](C)N1.[HH].[HH].